The van der Waals surface area contributed by atoms with Crippen LogP contribution in [0.2, 0.25) is 0 Å². The summed E-state index contributed by atoms with van der Waals surface area (Å²) < 4.78 is 42.8. The number of likely N-dealkylation sites (tertiary alicyclic amines) is 1. The number of aromatic amines is 1. The zero-order chi connectivity index (χ0) is 35.8. The van der Waals surface area contributed by atoms with Gasteiger partial charge in [0.15, 0.2) is 5.82 Å². The first kappa shape index (κ1) is 33.4. The van der Waals surface area contributed by atoms with E-state index in [4.69, 9.17) is 24.7 Å². The minimum atomic E-state index is -0.508. The van der Waals surface area contributed by atoms with Gasteiger partial charge in [0, 0.05) is 52.2 Å². The number of hydrogen-bond acceptors (Lipinski definition) is 8. The van der Waals surface area contributed by atoms with Crippen LogP contribution in [0.1, 0.15) is 63.9 Å². The molecule has 2 saturated heterocycles. The van der Waals surface area contributed by atoms with Gasteiger partial charge >= 0.3 is 0 Å². The van der Waals surface area contributed by atoms with E-state index in [1.54, 1.807) is 43.3 Å². The number of amides is 1. The summed E-state index contributed by atoms with van der Waals surface area (Å²) in [5.74, 6) is 0.256. The molecule has 0 spiro atoms. The highest BCUT2D eigenvalue weighted by molar-refractivity contribution is 6.06. The van der Waals surface area contributed by atoms with Crippen LogP contribution in [0.4, 0.5) is 14.5 Å². The Balaban J connectivity index is 0.940. The Kier molecular flexibility index (Phi) is 9.09. The fourth-order valence-electron chi connectivity index (χ4n) is 6.96. The van der Waals surface area contributed by atoms with Crippen molar-refractivity contribution in [2.45, 2.75) is 57.9 Å². The van der Waals surface area contributed by atoms with Crippen LogP contribution in [0.3, 0.4) is 0 Å². The molecule has 2 N–H and O–H groups in total. The third kappa shape index (κ3) is 6.82. The van der Waals surface area contributed by atoms with Gasteiger partial charge in [-0.3, -0.25) is 14.8 Å². The van der Waals surface area contributed by atoms with E-state index in [0.29, 0.717) is 46.7 Å². The highest BCUT2D eigenvalue weighted by Crippen LogP contribution is 2.30. The van der Waals surface area contributed by atoms with E-state index >= 15 is 0 Å². The number of ether oxygens (including phenoxy) is 2. The lowest BCUT2D eigenvalue weighted by atomic mass is 9.93. The minimum absolute atomic E-state index is 0.0213. The lowest BCUT2D eigenvalue weighted by Crippen LogP contribution is -2.35. The average Bonchev–Trinajstić information content (AvgIpc) is 3.68. The molecule has 0 unspecified atom stereocenters. The molecule has 0 aliphatic carbocycles. The summed E-state index contributed by atoms with van der Waals surface area (Å²) in [7, 11) is 0. The number of carbonyl (C=O) groups is 1. The summed E-state index contributed by atoms with van der Waals surface area (Å²) in [6, 6.07) is 20.4. The molecule has 3 aromatic heterocycles. The number of nitrogens with one attached hydrogen (secondary N) is 2. The van der Waals surface area contributed by atoms with Crippen molar-refractivity contribution in [1.29, 1.82) is 5.26 Å². The predicted octanol–water partition coefficient (Wildman–Crippen LogP) is 6.77. The number of nitriles is 1. The molecule has 2 fully saturated rings. The summed E-state index contributed by atoms with van der Waals surface area (Å²) in [6.07, 6.45) is 2.92. The van der Waals surface area contributed by atoms with Gasteiger partial charge in [0.2, 0.25) is 5.88 Å². The maximum absolute atomic E-state index is 14.6. The van der Waals surface area contributed by atoms with E-state index in [0.717, 1.165) is 61.7 Å². The topological polar surface area (TPSA) is 134 Å². The van der Waals surface area contributed by atoms with Gasteiger partial charge in [-0.2, -0.15) is 10.4 Å². The molecule has 1 atom stereocenters. The first-order valence-electron chi connectivity index (χ1n) is 17.4. The Morgan fingerprint density at radius 3 is 2.67 bits per heavy atom. The van der Waals surface area contributed by atoms with Crippen molar-refractivity contribution in [3.05, 3.63) is 112 Å². The standard InChI is InChI=1S/C39H36F2N8O3/c1-23-30-17-28(18-32(41)38(30)47-46-23)43-39(50)26-7-8-35-34(16-26)44-36(49(35)20-29-11-14-51-29)21-48-12-9-25(10-13-48)33-3-2-4-37(45-33)52-22-27-6-5-24(19-42)15-31(27)40/h2-8,15-18,25,29H,9-14,20-22H2,1H3,(H,43,50)(H,46,47)/t29-/m0/s1. The number of nitrogens with zero attached hydrogens (tertiary/aromatic N) is 6. The molecular formula is C39H36F2N8O3. The van der Waals surface area contributed by atoms with Crippen LogP contribution in [-0.2, 0) is 24.4 Å². The summed E-state index contributed by atoms with van der Waals surface area (Å²) >= 11 is 0. The number of fused-ring (bicyclic) bond motifs is 2. The number of imidazole rings is 1. The summed E-state index contributed by atoms with van der Waals surface area (Å²) in [5, 5.41) is 19.2. The molecule has 0 radical (unpaired) electrons. The van der Waals surface area contributed by atoms with E-state index < -0.39 is 11.6 Å². The summed E-state index contributed by atoms with van der Waals surface area (Å²) in [6.45, 7) is 5.60. The van der Waals surface area contributed by atoms with Gasteiger partial charge in [-0.1, -0.05) is 12.1 Å². The number of halogens is 2. The van der Waals surface area contributed by atoms with Crippen LogP contribution >= 0.6 is 0 Å². The average molecular weight is 703 g/mol. The lowest BCUT2D eigenvalue weighted by molar-refractivity contribution is -0.0592. The molecule has 52 heavy (non-hydrogen) atoms. The van der Waals surface area contributed by atoms with E-state index in [1.807, 2.05) is 24.3 Å². The van der Waals surface area contributed by atoms with Crippen LogP contribution in [0.5, 0.6) is 5.88 Å². The van der Waals surface area contributed by atoms with Crippen molar-refractivity contribution in [2.75, 3.05) is 25.0 Å². The molecule has 264 valence electrons. The monoisotopic (exact) mass is 702 g/mol. The van der Waals surface area contributed by atoms with Gasteiger partial charge in [-0.05, 0) is 87.8 Å². The molecule has 5 heterocycles. The second kappa shape index (κ2) is 14.1. The van der Waals surface area contributed by atoms with Gasteiger partial charge in [0.1, 0.15) is 23.8 Å². The Morgan fingerprint density at radius 2 is 1.90 bits per heavy atom. The molecule has 1 amide bonds. The normalized spacial score (nSPS) is 16.5. The zero-order valence-corrected chi connectivity index (χ0v) is 28.5. The summed E-state index contributed by atoms with van der Waals surface area (Å²) in [4.78, 5) is 25.5. The molecule has 13 heteroatoms. The molecule has 2 aliphatic heterocycles. The van der Waals surface area contributed by atoms with Gasteiger partial charge < -0.3 is 19.4 Å². The van der Waals surface area contributed by atoms with E-state index in [1.165, 1.54) is 12.1 Å². The van der Waals surface area contributed by atoms with E-state index in [2.05, 4.69) is 25.0 Å². The third-order valence-electron chi connectivity index (χ3n) is 10.0. The van der Waals surface area contributed by atoms with Crippen molar-refractivity contribution in [1.82, 2.24) is 29.6 Å². The van der Waals surface area contributed by atoms with Crippen molar-refractivity contribution in [3.8, 4) is 11.9 Å². The highest BCUT2D eigenvalue weighted by Gasteiger charge is 2.26. The Bertz CT molecular complexity index is 2340. The molecular weight excluding hydrogens is 666 g/mol. The first-order chi connectivity index (χ1) is 25.3. The second-order valence-corrected chi connectivity index (χ2v) is 13.4. The smallest absolute Gasteiger partial charge is 0.255 e. The third-order valence-corrected chi connectivity index (χ3v) is 10.0. The van der Waals surface area contributed by atoms with Gasteiger partial charge in [0.05, 0.1) is 41.9 Å². The number of H-pyrrole nitrogens is 1. The fraction of sp³-hybridized carbons (Fsp3) is 0.308. The number of piperidine rings is 1. The molecule has 8 rings (SSSR count). The van der Waals surface area contributed by atoms with E-state index in [9.17, 15) is 13.6 Å². The number of pyridine rings is 1. The SMILES string of the molecule is Cc1[nH]nc2c(F)cc(NC(=O)c3ccc4c(c3)nc(CN3CCC(c5cccc(OCc6ccc(C#N)cc6F)n5)CC3)n4C[C@@H]3CCO3)cc12. The quantitative estimate of drug-likeness (QED) is 0.160. The number of anilines is 1. The number of benzene rings is 3. The lowest BCUT2D eigenvalue weighted by Gasteiger charge is -2.32. The van der Waals surface area contributed by atoms with Crippen molar-refractivity contribution < 1.29 is 23.0 Å². The Labute approximate surface area is 298 Å². The van der Waals surface area contributed by atoms with Gasteiger partial charge in [-0.25, -0.2) is 18.7 Å². The van der Waals surface area contributed by atoms with E-state index in [-0.39, 0.29) is 35.6 Å². The number of hydrogen-bond donors (Lipinski definition) is 2. The van der Waals surface area contributed by atoms with Crippen LogP contribution in [-0.4, -0.2) is 61.3 Å². The first-order valence-corrected chi connectivity index (χ1v) is 17.4. The molecule has 0 bridgehead atoms. The van der Waals surface area contributed by atoms with Crippen molar-refractivity contribution >= 4 is 33.5 Å². The summed E-state index contributed by atoms with van der Waals surface area (Å²) in [5.41, 5.74) is 4.95. The second-order valence-electron chi connectivity index (χ2n) is 13.4. The largest absolute Gasteiger partial charge is 0.473 e. The number of carbonyl (C=O) groups excluding carboxylic acids is 1. The maximum atomic E-state index is 14.6. The minimum Gasteiger partial charge on any atom is -0.473 e. The fourth-order valence-corrected chi connectivity index (χ4v) is 6.96. The number of aromatic nitrogens is 5. The number of aryl methyl sites for hydroxylation is 1. The molecule has 2 aliphatic rings. The van der Waals surface area contributed by atoms with Crippen molar-refractivity contribution in [3.63, 3.8) is 0 Å². The molecule has 0 saturated carbocycles. The van der Waals surface area contributed by atoms with Crippen molar-refractivity contribution in [2.24, 2.45) is 0 Å². The van der Waals surface area contributed by atoms with Crippen LogP contribution in [0.15, 0.2) is 66.7 Å². The maximum Gasteiger partial charge on any atom is 0.255 e. The van der Waals surface area contributed by atoms with Crippen LogP contribution < -0.4 is 10.1 Å². The molecule has 11 nitrogen and oxygen atoms in total. The number of rotatable bonds is 10. The van der Waals surface area contributed by atoms with Crippen LogP contribution in [0, 0.1) is 29.9 Å². The predicted molar refractivity (Wildman–Crippen MR) is 190 cm³/mol. The highest BCUT2D eigenvalue weighted by atomic mass is 19.1. The zero-order valence-electron chi connectivity index (χ0n) is 28.5. The molecule has 3 aromatic carbocycles. The Hall–Kier alpha value is -5.71. The molecule has 6 aromatic rings. The van der Waals surface area contributed by atoms with Gasteiger partial charge in [0.25, 0.3) is 5.91 Å². The Morgan fingerprint density at radius 1 is 1.06 bits per heavy atom. The van der Waals surface area contributed by atoms with Gasteiger partial charge in [-0.15, -0.1) is 0 Å². The van der Waals surface area contributed by atoms with Crippen LogP contribution in [0.25, 0.3) is 21.9 Å².